The summed E-state index contributed by atoms with van der Waals surface area (Å²) in [5, 5.41) is 9.94. The van der Waals surface area contributed by atoms with Crippen molar-refractivity contribution in [1.29, 1.82) is 0 Å². The van der Waals surface area contributed by atoms with Crippen LogP contribution in [0.25, 0.3) is 0 Å². The number of β-amino-alcohol motifs (C(OH)–C–C–N with tert-alkyl or cyclic N) is 1. The van der Waals surface area contributed by atoms with E-state index in [1.807, 2.05) is 17.0 Å². The standard InChI is InChI=1S/C17H27N3O2/c1-13(2)15-6-5-14(11-18-15)20-10-9-19(8-7-16(20)21)12-17(3,4)22/h5-6,11,13,22H,7-10,12H2,1-4H3. The normalized spacial score (nSPS) is 17.9. The number of carbonyl (C=O) groups is 1. The molecular weight excluding hydrogens is 278 g/mol. The van der Waals surface area contributed by atoms with Gasteiger partial charge in [0.15, 0.2) is 0 Å². The number of rotatable bonds is 4. The van der Waals surface area contributed by atoms with Crippen molar-refractivity contribution in [3.8, 4) is 0 Å². The molecule has 1 amide bonds. The van der Waals surface area contributed by atoms with Crippen LogP contribution >= 0.6 is 0 Å². The predicted molar refractivity (Wildman–Crippen MR) is 88.0 cm³/mol. The highest BCUT2D eigenvalue weighted by atomic mass is 16.3. The molecular formula is C17H27N3O2. The molecule has 1 aliphatic heterocycles. The summed E-state index contributed by atoms with van der Waals surface area (Å²) in [6.45, 7) is 10.5. The minimum Gasteiger partial charge on any atom is -0.389 e. The van der Waals surface area contributed by atoms with Crippen LogP contribution in [0.2, 0.25) is 0 Å². The summed E-state index contributed by atoms with van der Waals surface area (Å²) in [5.41, 5.74) is 1.16. The van der Waals surface area contributed by atoms with Crippen molar-refractivity contribution in [3.05, 3.63) is 24.0 Å². The molecule has 2 heterocycles. The quantitative estimate of drug-likeness (QED) is 0.924. The third-order valence-electron chi connectivity index (χ3n) is 3.87. The lowest BCUT2D eigenvalue weighted by Gasteiger charge is -2.27. The van der Waals surface area contributed by atoms with E-state index in [-0.39, 0.29) is 5.91 Å². The van der Waals surface area contributed by atoms with Gasteiger partial charge in [0.1, 0.15) is 0 Å². The molecule has 122 valence electrons. The second-order valence-electron chi connectivity index (χ2n) is 6.98. The lowest BCUT2D eigenvalue weighted by molar-refractivity contribution is -0.118. The van der Waals surface area contributed by atoms with E-state index in [1.54, 1.807) is 20.0 Å². The molecule has 1 saturated heterocycles. The molecule has 2 rings (SSSR count). The average molecular weight is 305 g/mol. The van der Waals surface area contributed by atoms with Crippen molar-refractivity contribution in [2.45, 2.75) is 45.6 Å². The summed E-state index contributed by atoms with van der Waals surface area (Å²) < 4.78 is 0. The summed E-state index contributed by atoms with van der Waals surface area (Å²) in [6.07, 6.45) is 2.26. The van der Waals surface area contributed by atoms with Gasteiger partial charge in [0.25, 0.3) is 0 Å². The molecule has 0 aliphatic carbocycles. The number of aliphatic hydroxyl groups is 1. The Morgan fingerprint density at radius 1 is 1.27 bits per heavy atom. The number of hydrogen-bond donors (Lipinski definition) is 1. The number of amides is 1. The van der Waals surface area contributed by atoms with Crippen LogP contribution in [0, 0.1) is 0 Å². The van der Waals surface area contributed by atoms with E-state index in [1.165, 1.54) is 0 Å². The molecule has 0 atom stereocenters. The summed E-state index contributed by atoms with van der Waals surface area (Å²) in [5.74, 6) is 0.508. The average Bonchev–Trinajstić information content (AvgIpc) is 2.60. The third-order valence-corrected chi connectivity index (χ3v) is 3.87. The lowest BCUT2D eigenvalue weighted by Crippen LogP contribution is -2.40. The van der Waals surface area contributed by atoms with Gasteiger partial charge in [-0.2, -0.15) is 0 Å². The lowest BCUT2D eigenvalue weighted by atomic mass is 10.1. The van der Waals surface area contributed by atoms with Crippen molar-refractivity contribution in [1.82, 2.24) is 9.88 Å². The van der Waals surface area contributed by atoms with Crippen LogP contribution < -0.4 is 4.90 Å². The van der Waals surface area contributed by atoms with Gasteiger partial charge >= 0.3 is 0 Å². The third kappa shape index (κ3) is 4.52. The fourth-order valence-electron chi connectivity index (χ4n) is 2.74. The molecule has 1 aromatic rings. The SMILES string of the molecule is CC(C)c1ccc(N2CCN(CC(C)(C)O)CCC2=O)cn1. The molecule has 0 bridgehead atoms. The zero-order valence-corrected chi connectivity index (χ0v) is 14.0. The van der Waals surface area contributed by atoms with Crippen molar-refractivity contribution in [2.75, 3.05) is 31.1 Å². The zero-order valence-electron chi connectivity index (χ0n) is 14.0. The first-order valence-corrected chi connectivity index (χ1v) is 7.97. The first-order chi connectivity index (χ1) is 10.3. The first-order valence-electron chi connectivity index (χ1n) is 7.97. The van der Waals surface area contributed by atoms with Crippen LogP contribution in [0.1, 0.15) is 45.7 Å². The summed E-state index contributed by atoms with van der Waals surface area (Å²) in [4.78, 5) is 20.8. The number of nitrogens with zero attached hydrogens (tertiary/aromatic N) is 3. The topological polar surface area (TPSA) is 56.7 Å². The van der Waals surface area contributed by atoms with E-state index in [0.29, 0.717) is 32.0 Å². The van der Waals surface area contributed by atoms with Crippen LogP contribution in [-0.2, 0) is 4.79 Å². The largest absolute Gasteiger partial charge is 0.389 e. The van der Waals surface area contributed by atoms with Crippen molar-refractivity contribution >= 4 is 11.6 Å². The number of carbonyl (C=O) groups excluding carboxylic acids is 1. The molecule has 1 aromatic heterocycles. The van der Waals surface area contributed by atoms with E-state index in [0.717, 1.165) is 17.9 Å². The van der Waals surface area contributed by atoms with Crippen LogP contribution in [0.4, 0.5) is 5.69 Å². The maximum absolute atomic E-state index is 12.4. The Bertz CT molecular complexity index is 506. The highest BCUT2D eigenvalue weighted by Gasteiger charge is 2.25. The minimum atomic E-state index is -0.737. The van der Waals surface area contributed by atoms with Gasteiger partial charge in [-0.3, -0.25) is 14.7 Å². The van der Waals surface area contributed by atoms with Gasteiger partial charge in [0.05, 0.1) is 17.5 Å². The van der Waals surface area contributed by atoms with Gasteiger partial charge in [-0.15, -0.1) is 0 Å². The van der Waals surface area contributed by atoms with Crippen molar-refractivity contribution in [3.63, 3.8) is 0 Å². The van der Waals surface area contributed by atoms with Gasteiger partial charge < -0.3 is 10.0 Å². The molecule has 5 nitrogen and oxygen atoms in total. The number of hydrogen-bond acceptors (Lipinski definition) is 4. The van der Waals surface area contributed by atoms with Gasteiger partial charge in [-0.05, 0) is 31.9 Å². The number of aromatic nitrogens is 1. The molecule has 1 N–H and O–H groups in total. The first kappa shape index (κ1) is 16.9. The van der Waals surface area contributed by atoms with Crippen molar-refractivity contribution < 1.29 is 9.90 Å². The predicted octanol–water partition coefficient (Wildman–Crippen LogP) is 2.01. The smallest absolute Gasteiger partial charge is 0.228 e. The molecule has 0 aromatic carbocycles. The van der Waals surface area contributed by atoms with E-state index < -0.39 is 5.60 Å². The number of pyridine rings is 1. The molecule has 5 heteroatoms. The van der Waals surface area contributed by atoms with Gasteiger partial charge in [-0.1, -0.05) is 13.8 Å². The summed E-state index contributed by atoms with van der Waals surface area (Å²) in [7, 11) is 0. The Kier molecular flexibility index (Phi) is 5.19. The maximum atomic E-state index is 12.4. The Morgan fingerprint density at radius 2 is 2.00 bits per heavy atom. The molecule has 1 aliphatic rings. The molecule has 22 heavy (non-hydrogen) atoms. The van der Waals surface area contributed by atoms with Gasteiger partial charge in [0, 0.05) is 38.3 Å². The zero-order chi connectivity index (χ0) is 16.3. The molecule has 0 radical (unpaired) electrons. The maximum Gasteiger partial charge on any atom is 0.228 e. The van der Waals surface area contributed by atoms with Gasteiger partial charge in [-0.25, -0.2) is 0 Å². The molecule has 0 saturated carbocycles. The fourth-order valence-corrected chi connectivity index (χ4v) is 2.74. The minimum absolute atomic E-state index is 0.123. The monoisotopic (exact) mass is 305 g/mol. The van der Waals surface area contributed by atoms with E-state index in [9.17, 15) is 9.90 Å². The van der Waals surface area contributed by atoms with Crippen LogP contribution in [0.5, 0.6) is 0 Å². The molecule has 0 spiro atoms. The van der Waals surface area contributed by atoms with E-state index in [4.69, 9.17) is 0 Å². The summed E-state index contributed by atoms with van der Waals surface area (Å²) in [6, 6.07) is 3.97. The Hall–Kier alpha value is -1.46. The second kappa shape index (κ2) is 6.75. The summed E-state index contributed by atoms with van der Waals surface area (Å²) >= 11 is 0. The van der Waals surface area contributed by atoms with Crippen LogP contribution in [0.3, 0.4) is 0 Å². The van der Waals surface area contributed by atoms with Crippen LogP contribution in [0.15, 0.2) is 18.3 Å². The Morgan fingerprint density at radius 3 is 2.55 bits per heavy atom. The fraction of sp³-hybridized carbons (Fsp3) is 0.647. The molecule has 1 fully saturated rings. The molecule has 0 unspecified atom stereocenters. The van der Waals surface area contributed by atoms with E-state index in [2.05, 4.69) is 23.7 Å². The van der Waals surface area contributed by atoms with E-state index >= 15 is 0 Å². The highest BCUT2D eigenvalue weighted by Crippen LogP contribution is 2.20. The van der Waals surface area contributed by atoms with Crippen molar-refractivity contribution in [2.24, 2.45) is 0 Å². The number of anilines is 1. The van der Waals surface area contributed by atoms with Crippen LogP contribution in [-0.4, -0.2) is 52.7 Å². The Labute approximate surface area is 132 Å². The van der Waals surface area contributed by atoms with Gasteiger partial charge in [0.2, 0.25) is 5.91 Å². The second-order valence-corrected chi connectivity index (χ2v) is 6.98. The Balaban J connectivity index is 2.07. The highest BCUT2D eigenvalue weighted by molar-refractivity contribution is 5.93.